The first kappa shape index (κ1) is 23.1. The van der Waals surface area contributed by atoms with E-state index in [-0.39, 0.29) is 30.2 Å². The van der Waals surface area contributed by atoms with Gasteiger partial charge in [-0.2, -0.15) is 10.2 Å². The normalized spacial score (nSPS) is 21.9. The van der Waals surface area contributed by atoms with Crippen LogP contribution in [0, 0.1) is 0 Å². The Morgan fingerprint density at radius 3 is 2.94 bits per heavy atom. The quantitative estimate of drug-likeness (QED) is 0.472. The smallest absolute Gasteiger partial charge is 0.323 e. The molecule has 3 atom stereocenters. The first-order valence-electron chi connectivity index (χ1n) is 12.1. The summed E-state index contributed by atoms with van der Waals surface area (Å²) >= 11 is 0. The number of amides is 2. The van der Waals surface area contributed by atoms with E-state index < -0.39 is 0 Å². The van der Waals surface area contributed by atoms with Crippen LogP contribution in [0.1, 0.15) is 50.0 Å². The fraction of sp³-hybridized carbons (Fsp3) is 0.440. The molecule has 0 spiro atoms. The number of aromatic amines is 1. The van der Waals surface area contributed by atoms with Crippen molar-refractivity contribution in [2.45, 2.75) is 50.9 Å². The number of aromatic nitrogens is 4. The highest BCUT2D eigenvalue weighted by Crippen LogP contribution is 2.32. The predicted octanol–water partition coefficient (Wildman–Crippen LogP) is 3.95. The van der Waals surface area contributed by atoms with E-state index in [0.717, 1.165) is 23.4 Å². The fourth-order valence-electron chi connectivity index (χ4n) is 4.50. The number of benzene rings is 1. The van der Waals surface area contributed by atoms with Crippen molar-refractivity contribution in [3.8, 4) is 5.88 Å². The molecule has 35 heavy (non-hydrogen) atoms. The molecule has 2 aliphatic heterocycles. The molecule has 2 amide bonds. The summed E-state index contributed by atoms with van der Waals surface area (Å²) in [5.74, 6) is 1.32. The number of hydrogen-bond acceptors (Lipinski definition) is 7. The molecular formula is C25H31N7O3. The molecule has 5 rings (SSSR count). The van der Waals surface area contributed by atoms with E-state index >= 15 is 0 Å². The third-order valence-electron chi connectivity index (χ3n) is 6.38. The zero-order valence-electron chi connectivity index (χ0n) is 20.0. The molecule has 0 aliphatic carbocycles. The molecule has 3 N–H and O–H groups in total. The second-order valence-electron chi connectivity index (χ2n) is 9.32. The molecule has 0 radical (unpaired) electrons. The molecule has 184 valence electrons. The average molecular weight is 478 g/mol. The first-order valence-corrected chi connectivity index (χ1v) is 12.1. The maximum atomic E-state index is 12.8. The Morgan fingerprint density at radius 1 is 1.26 bits per heavy atom. The van der Waals surface area contributed by atoms with Crippen molar-refractivity contribution in [3.63, 3.8) is 0 Å². The lowest BCUT2D eigenvalue weighted by Crippen LogP contribution is -2.35. The van der Waals surface area contributed by atoms with Gasteiger partial charge in [-0.15, -0.1) is 5.10 Å². The van der Waals surface area contributed by atoms with Gasteiger partial charge in [0, 0.05) is 42.9 Å². The summed E-state index contributed by atoms with van der Waals surface area (Å²) in [5, 5.41) is 21.7. The molecule has 2 fully saturated rings. The summed E-state index contributed by atoms with van der Waals surface area (Å²) in [7, 11) is 0. The molecule has 4 heterocycles. The van der Waals surface area contributed by atoms with Gasteiger partial charge in [0.15, 0.2) is 5.82 Å². The number of anilines is 2. The Kier molecular flexibility index (Phi) is 6.80. The zero-order chi connectivity index (χ0) is 24.2. The van der Waals surface area contributed by atoms with Crippen LogP contribution in [0.3, 0.4) is 0 Å². The number of nitrogens with one attached hydrogen (secondary N) is 3. The lowest BCUT2D eigenvalue weighted by molar-refractivity contribution is 0.0905. The summed E-state index contributed by atoms with van der Waals surface area (Å²) in [6.07, 6.45) is 2.91. The minimum Gasteiger partial charge on any atom is -0.471 e. The maximum Gasteiger partial charge on any atom is 0.323 e. The molecular weight excluding hydrogens is 446 g/mol. The Balaban J connectivity index is 1.12. The molecule has 3 aromatic rings. The second kappa shape index (κ2) is 10.3. The summed E-state index contributed by atoms with van der Waals surface area (Å²) in [6.45, 7) is 5.98. The summed E-state index contributed by atoms with van der Waals surface area (Å²) in [4.78, 5) is 14.6. The molecule has 2 aliphatic rings. The standard InChI is InChI=1S/C25H31N7O3/c1-16(2)20-8-10-26-31-24(20)35-19-12-22(34-15-19)21-13-23(30-29-21)28-25(33)32-11-9-18(14-32)27-17-6-4-3-5-7-17/h3-8,10,13,16,18-19,22,27H,9,11-12,14-15H2,1-2H3,(H2,28,29,30,33)/t18-,19+,22+/m0/s1. The van der Waals surface area contributed by atoms with E-state index in [4.69, 9.17) is 9.47 Å². The summed E-state index contributed by atoms with van der Waals surface area (Å²) in [5.41, 5.74) is 2.90. The van der Waals surface area contributed by atoms with Crippen LogP contribution >= 0.6 is 0 Å². The Bertz CT molecular complexity index is 1140. The molecule has 0 bridgehead atoms. The number of hydrogen-bond donors (Lipinski definition) is 3. The third-order valence-corrected chi connectivity index (χ3v) is 6.38. The van der Waals surface area contributed by atoms with Gasteiger partial charge in [-0.05, 0) is 30.5 Å². The largest absolute Gasteiger partial charge is 0.471 e. The van der Waals surface area contributed by atoms with Crippen molar-refractivity contribution >= 4 is 17.5 Å². The van der Waals surface area contributed by atoms with Gasteiger partial charge >= 0.3 is 6.03 Å². The second-order valence-corrected chi connectivity index (χ2v) is 9.32. The van der Waals surface area contributed by atoms with Gasteiger partial charge < -0.3 is 19.7 Å². The monoisotopic (exact) mass is 477 g/mol. The van der Waals surface area contributed by atoms with Gasteiger partial charge in [0.1, 0.15) is 12.2 Å². The number of carbonyl (C=O) groups excluding carboxylic acids is 1. The lowest BCUT2D eigenvalue weighted by atomic mass is 10.1. The number of urea groups is 1. The number of nitrogens with zero attached hydrogens (tertiary/aromatic N) is 4. The van der Waals surface area contributed by atoms with E-state index in [0.29, 0.717) is 37.8 Å². The highest BCUT2D eigenvalue weighted by Gasteiger charge is 2.31. The van der Waals surface area contributed by atoms with Gasteiger partial charge in [0.25, 0.3) is 0 Å². The van der Waals surface area contributed by atoms with E-state index in [2.05, 4.69) is 44.9 Å². The fourth-order valence-corrected chi connectivity index (χ4v) is 4.50. The van der Waals surface area contributed by atoms with Crippen molar-refractivity contribution in [3.05, 3.63) is 59.9 Å². The molecule has 2 saturated heterocycles. The van der Waals surface area contributed by atoms with Crippen LogP contribution in [0.5, 0.6) is 5.88 Å². The Morgan fingerprint density at radius 2 is 2.11 bits per heavy atom. The molecule has 10 nitrogen and oxygen atoms in total. The molecule has 2 aromatic heterocycles. The van der Waals surface area contributed by atoms with Crippen LogP contribution in [0.2, 0.25) is 0 Å². The van der Waals surface area contributed by atoms with Crippen LogP contribution in [0.25, 0.3) is 0 Å². The van der Waals surface area contributed by atoms with Gasteiger partial charge in [0.2, 0.25) is 5.88 Å². The van der Waals surface area contributed by atoms with Gasteiger partial charge in [-0.1, -0.05) is 32.0 Å². The number of likely N-dealkylation sites (tertiary alicyclic amines) is 1. The van der Waals surface area contributed by atoms with Crippen molar-refractivity contribution in [1.82, 2.24) is 25.3 Å². The van der Waals surface area contributed by atoms with Crippen LogP contribution in [0.4, 0.5) is 16.3 Å². The average Bonchev–Trinajstić information content (AvgIpc) is 3.61. The molecule has 0 unspecified atom stereocenters. The van der Waals surface area contributed by atoms with Gasteiger partial charge in [-0.3, -0.25) is 10.4 Å². The topological polar surface area (TPSA) is 117 Å². The third kappa shape index (κ3) is 5.54. The number of H-pyrrole nitrogens is 1. The highest BCUT2D eigenvalue weighted by atomic mass is 16.6. The van der Waals surface area contributed by atoms with Crippen molar-refractivity contribution in [1.29, 1.82) is 0 Å². The van der Waals surface area contributed by atoms with Gasteiger partial charge in [0.05, 0.1) is 18.5 Å². The molecule has 0 saturated carbocycles. The first-order chi connectivity index (χ1) is 17.0. The number of carbonyl (C=O) groups is 1. The minimum absolute atomic E-state index is 0.130. The van der Waals surface area contributed by atoms with Crippen molar-refractivity contribution in [2.75, 3.05) is 30.3 Å². The van der Waals surface area contributed by atoms with E-state index in [1.165, 1.54) is 0 Å². The van der Waals surface area contributed by atoms with E-state index in [1.54, 1.807) is 11.1 Å². The van der Waals surface area contributed by atoms with Crippen LogP contribution in [-0.2, 0) is 4.74 Å². The lowest BCUT2D eigenvalue weighted by Gasteiger charge is -2.17. The predicted molar refractivity (Wildman–Crippen MR) is 131 cm³/mol. The van der Waals surface area contributed by atoms with Crippen LogP contribution in [-0.4, -0.2) is 63.2 Å². The molecule has 10 heteroatoms. The molecule has 1 aromatic carbocycles. The zero-order valence-corrected chi connectivity index (χ0v) is 20.0. The van der Waals surface area contributed by atoms with E-state index in [9.17, 15) is 4.79 Å². The summed E-state index contributed by atoms with van der Waals surface area (Å²) < 4.78 is 12.0. The highest BCUT2D eigenvalue weighted by molar-refractivity contribution is 5.88. The number of rotatable bonds is 7. The Labute approximate surface area is 204 Å². The minimum atomic E-state index is -0.191. The Hall–Kier alpha value is -3.66. The van der Waals surface area contributed by atoms with Crippen molar-refractivity contribution in [2.24, 2.45) is 0 Å². The number of ether oxygens (including phenoxy) is 2. The van der Waals surface area contributed by atoms with Crippen molar-refractivity contribution < 1.29 is 14.3 Å². The van der Waals surface area contributed by atoms with Gasteiger partial charge in [-0.25, -0.2) is 4.79 Å². The number of para-hydroxylation sites is 1. The summed E-state index contributed by atoms with van der Waals surface area (Å²) in [6, 6.07) is 13.9. The maximum absolute atomic E-state index is 12.8. The van der Waals surface area contributed by atoms with Crippen LogP contribution < -0.4 is 15.4 Å². The van der Waals surface area contributed by atoms with E-state index in [1.807, 2.05) is 42.5 Å². The SMILES string of the molecule is CC(C)c1ccnnc1O[C@H]1CO[C@@H](c2cc(NC(=O)N3CC[C@H](Nc4ccccc4)C3)n[nH]2)C1. The van der Waals surface area contributed by atoms with Crippen LogP contribution in [0.15, 0.2) is 48.7 Å².